The molecule has 0 aromatic carbocycles. The molecular formula is C5H7Cl2NO4. The van der Waals surface area contributed by atoms with E-state index in [2.05, 4.69) is 4.74 Å². The number of hydrogen-bond acceptors (Lipinski definition) is 4. The van der Waals surface area contributed by atoms with E-state index in [1.807, 2.05) is 0 Å². The number of carbonyl (C=O) groups is 1. The van der Waals surface area contributed by atoms with E-state index in [-0.39, 0.29) is 6.61 Å². The lowest BCUT2D eigenvalue weighted by molar-refractivity contribution is -0.496. The second-order valence-electron chi connectivity index (χ2n) is 1.81. The number of nitrogens with zero attached hydrogens (tertiary/aromatic N) is 1. The van der Waals surface area contributed by atoms with Crippen LogP contribution in [0, 0.1) is 10.1 Å². The molecular weight excluding hydrogens is 209 g/mol. The first kappa shape index (κ1) is 11.4. The van der Waals surface area contributed by atoms with E-state index < -0.39 is 21.8 Å². The second kappa shape index (κ2) is 5.16. The average molecular weight is 216 g/mol. The van der Waals surface area contributed by atoms with Gasteiger partial charge >= 0.3 is 11.5 Å². The third-order valence-electron chi connectivity index (χ3n) is 0.955. The van der Waals surface area contributed by atoms with Crippen LogP contribution in [-0.4, -0.2) is 28.4 Å². The molecule has 0 rings (SSSR count). The lowest BCUT2D eigenvalue weighted by atomic mass is 10.4. The van der Waals surface area contributed by atoms with Crippen LogP contribution in [0.1, 0.15) is 6.92 Å². The standard InChI is InChI=1S/C5H7Cl2NO4/c1-2-12-5(9)3(6)4(7)8(10)11/h3-4H,2H2,1H3. The lowest BCUT2D eigenvalue weighted by Crippen LogP contribution is -2.32. The van der Waals surface area contributed by atoms with Gasteiger partial charge in [-0.15, -0.1) is 11.6 Å². The molecule has 0 radical (unpaired) electrons. The smallest absolute Gasteiger partial charge is 0.332 e. The number of rotatable bonds is 4. The van der Waals surface area contributed by atoms with Gasteiger partial charge in [0.1, 0.15) is 0 Å². The van der Waals surface area contributed by atoms with Gasteiger partial charge in [-0.1, -0.05) is 0 Å². The number of hydrogen-bond donors (Lipinski definition) is 0. The summed E-state index contributed by atoms with van der Waals surface area (Å²) in [6.07, 6.45) is 0. The van der Waals surface area contributed by atoms with Crippen LogP contribution in [-0.2, 0) is 9.53 Å². The topological polar surface area (TPSA) is 69.4 Å². The van der Waals surface area contributed by atoms with Crippen molar-refractivity contribution >= 4 is 29.2 Å². The normalized spacial score (nSPS) is 14.9. The Kier molecular flexibility index (Phi) is 4.92. The van der Waals surface area contributed by atoms with E-state index in [4.69, 9.17) is 23.2 Å². The Morgan fingerprint density at radius 1 is 1.67 bits per heavy atom. The molecule has 0 saturated carbocycles. The van der Waals surface area contributed by atoms with Crippen LogP contribution in [0.4, 0.5) is 0 Å². The van der Waals surface area contributed by atoms with Gasteiger partial charge in [-0.05, 0) is 18.5 Å². The molecule has 0 bridgehead atoms. The molecule has 0 fully saturated rings. The molecule has 0 saturated heterocycles. The summed E-state index contributed by atoms with van der Waals surface area (Å²) in [5, 5.41) is 8.59. The highest BCUT2D eigenvalue weighted by Gasteiger charge is 2.34. The van der Waals surface area contributed by atoms with Gasteiger partial charge in [-0.25, -0.2) is 0 Å². The average Bonchev–Trinajstić information content (AvgIpc) is 2.02. The molecule has 2 unspecified atom stereocenters. The molecule has 12 heavy (non-hydrogen) atoms. The summed E-state index contributed by atoms with van der Waals surface area (Å²) >= 11 is 10.5. The van der Waals surface area contributed by atoms with Gasteiger partial charge in [0, 0.05) is 4.92 Å². The van der Waals surface area contributed by atoms with E-state index in [1.165, 1.54) is 0 Å². The largest absolute Gasteiger partial charge is 0.465 e. The quantitative estimate of drug-likeness (QED) is 0.231. The number of halogens is 2. The molecule has 70 valence electrons. The molecule has 0 spiro atoms. The lowest BCUT2D eigenvalue weighted by Gasteiger charge is -2.07. The van der Waals surface area contributed by atoms with Gasteiger partial charge in [0.2, 0.25) is 5.38 Å². The molecule has 2 atom stereocenters. The van der Waals surface area contributed by atoms with Crippen molar-refractivity contribution in [3.63, 3.8) is 0 Å². The maximum absolute atomic E-state index is 10.7. The van der Waals surface area contributed by atoms with Gasteiger partial charge < -0.3 is 4.74 Å². The molecule has 0 aromatic rings. The highest BCUT2D eigenvalue weighted by atomic mass is 35.5. The zero-order valence-electron chi connectivity index (χ0n) is 6.20. The summed E-state index contributed by atoms with van der Waals surface area (Å²) in [5.41, 5.74) is -1.65. The van der Waals surface area contributed by atoms with Crippen LogP contribution >= 0.6 is 23.2 Å². The minimum absolute atomic E-state index is 0.114. The van der Waals surface area contributed by atoms with E-state index >= 15 is 0 Å². The van der Waals surface area contributed by atoms with Crippen molar-refractivity contribution in [1.82, 2.24) is 0 Å². The fraction of sp³-hybridized carbons (Fsp3) is 0.800. The molecule has 7 heteroatoms. The Morgan fingerprint density at radius 3 is 2.50 bits per heavy atom. The van der Waals surface area contributed by atoms with E-state index in [9.17, 15) is 14.9 Å². The molecule has 0 heterocycles. The zero-order valence-corrected chi connectivity index (χ0v) is 7.71. The van der Waals surface area contributed by atoms with Crippen molar-refractivity contribution < 1.29 is 14.5 Å². The van der Waals surface area contributed by atoms with E-state index in [1.54, 1.807) is 6.92 Å². The maximum Gasteiger partial charge on any atom is 0.332 e. The highest BCUT2D eigenvalue weighted by molar-refractivity contribution is 6.36. The minimum Gasteiger partial charge on any atom is -0.465 e. The van der Waals surface area contributed by atoms with Gasteiger partial charge in [0.15, 0.2) is 0 Å². The monoisotopic (exact) mass is 215 g/mol. The van der Waals surface area contributed by atoms with Crippen LogP contribution in [0.5, 0.6) is 0 Å². The van der Waals surface area contributed by atoms with Crippen molar-refractivity contribution in [1.29, 1.82) is 0 Å². The molecule has 0 aliphatic heterocycles. The van der Waals surface area contributed by atoms with Crippen molar-refractivity contribution in [2.45, 2.75) is 17.8 Å². The first-order chi connectivity index (χ1) is 5.50. The van der Waals surface area contributed by atoms with Crippen molar-refractivity contribution in [2.75, 3.05) is 6.61 Å². The third kappa shape index (κ3) is 3.23. The predicted octanol–water partition coefficient (Wildman–Crippen LogP) is 0.998. The fourth-order valence-corrected chi connectivity index (χ4v) is 0.699. The summed E-state index contributed by atoms with van der Waals surface area (Å²) in [6.45, 7) is 1.68. The number of nitro groups is 1. The molecule has 0 aromatic heterocycles. The van der Waals surface area contributed by atoms with Gasteiger partial charge in [-0.3, -0.25) is 14.9 Å². The number of alkyl halides is 2. The first-order valence-corrected chi connectivity index (χ1v) is 3.96. The fourth-order valence-electron chi connectivity index (χ4n) is 0.441. The summed E-state index contributed by atoms with van der Waals surface area (Å²) < 4.78 is 4.42. The van der Waals surface area contributed by atoms with Crippen LogP contribution in [0.3, 0.4) is 0 Å². The molecule has 0 amide bonds. The highest BCUT2D eigenvalue weighted by Crippen LogP contribution is 2.12. The number of esters is 1. The molecule has 0 aliphatic rings. The zero-order chi connectivity index (χ0) is 9.72. The van der Waals surface area contributed by atoms with Crippen molar-refractivity contribution in [3.05, 3.63) is 10.1 Å². The Labute approximate surface area is 78.7 Å². The van der Waals surface area contributed by atoms with Gasteiger partial charge in [-0.2, -0.15) is 0 Å². The Bertz CT molecular complexity index is 186. The summed E-state index contributed by atoms with van der Waals surface area (Å²) in [5.74, 6) is -0.879. The molecule has 5 nitrogen and oxygen atoms in total. The second-order valence-corrected chi connectivity index (χ2v) is 2.73. The molecule has 0 aliphatic carbocycles. The van der Waals surface area contributed by atoms with Crippen molar-refractivity contribution in [3.8, 4) is 0 Å². The number of ether oxygens (including phenoxy) is 1. The predicted molar refractivity (Wildman–Crippen MR) is 42.9 cm³/mol. The molecule has 0 N–H and O–H groups in total. The SMILES string of the molecule is CCOC(=O)C(Cl)C(Cl)[N+](=O)[O-]. The van der Waals surface area contributed by atoms with Crippen LogP contribution in [0.25, 0.3) is 0 Å². The van der Waals surface area contributed by atoms with Crippen molar-refractivity contribution in [2.24, 2.45) is 0 Å². The maximum atomic E-state index is 10.7. The minimum atomic E-state index is -1.65. The van der Waals surface area contributed by atoms with Crippen LogP contribution in [0.2, 0.25) is 0 Å². The Morgan fingerprint density at radius 2 is 2.17 bits per heavy atom. The third-order valence-corrected chi connectivity index (χ3v) is 1.91. The Hall–Kier alpha value is -0.550. The summed E-state index contributed by atoms with van der Waals surface area (Å²) in [7, 11) is 0. The van der Waals surface area contributed by atoms with Gasteiger partial charge in [0.25, 0.3) is 0 Å². The number of carbonyl (C=O) groups excluding carboxylic acids is 1. The van der Waals surface area contributed by atoms with E-state index in [0.29, 0.717) is 0 Å². The summed E-state index contributed by atoms with van der Waals surface area (Å²) in [4.78, 5) is 19.9. The van der Waals surface area contributed by atoms with Crippen LogP contribution < -0.4 is 0 Å². The van der Waals surface area contributed by atoms with Crippen LogP contribution in [0.15, 0.2) is 0 Å². The summed E-state index contributed by atoms with van der Waals surface area (Å²) in [6, 6.07) is 0. The van der Waals surface area contributed by atoms with E-state index in [0.717, 1.165) is 0 Å². The van der Waals surface area contributed by atoms with Gasteiger partial charge in [0.05, 0.1) is 6.61 Å². The Balaban J connectivity index is 4.09. The first-order valence-electron chi connectivity index (χ1n) is 3.09.